The summed E-state index contributed by atoms with van der Waals surface area (Å²) in [5.74, 6) is 0. The molecule has 2 nitrogen and oxygen atoms in total. The predicted octanol–water partition coefficient (Wildman–Crippen LogP) is 1.32. The SMILES string of the molecule is C=C(N)c1cccnc1C. The van der Waals surface area contributed by atoms with Crippen molar-refractivity contribution in [2.75, 3.05) is 0 Å². The minimum Gasteiger partial charge on any atom is -0.399 e. The second-order valence-electron chi connectivity index (χ2n) is 2.16. The maximum atomic E-state index is 5.48. The molecule has 1 heterocycles. The zero-order valence-corrected chi connectivity index (χ0v) is 5.96. The Balaban J connectivity index is 3.15. The van der Waals surface area contributed by atoms with E-state index in [9.17, 15) is 0 Å². The van der Waals surface area contributed by atoms with E-state index in [-0.39, 0.29) is 0 Å². The van der Waals surface area contributed by atoms with Crippen molar-refractivity contribution in [1.29, 1.82) is 0 Å². The molecule has 0 spiro atoms. The summed E-state index contributed by atoms with van der Waals surface area (Å²) in [5, 5.41) is 0. The first-order valence-electron chi connectivity index (χ1n) is 3.08. The summed E-state index contributed by atoms with van der Waals surface area (Å²) in [6.45, 7) is 5.53. The first-order chi connectivity index (χ1) is 4.72. The van der Waals surface area contributed by atoms with Gasteiger partial charge < -0.3 is 5.73 Å². The highest BCUT2D eigenvalue weighted by Gasteiger charge is 1.96. The van der Waals surface area contributed by atoms with Gasteiger partial charge >= 0.3 is 0 Å². The number of nitrogens with zero attached hydrogens (tertiary/aromatic N) is 1. The molecule has 0 aliphatic heterocycles. The molecular formula is C8H10N2. The molecule has 0 fully saturated rings. The Hall–Kier alpha value is -1.31. The van der Waals surface area contributed by atoms with Crippen LogP contribution in [0.5, 0.6) is 0 Å². The van der Waals surface area contributed by atoms with Crippen molar-refractivity contribution in [2.24, 2.45) is 5.73 Å². The average molecular weight is 134 g/mol. The molecular weight excluding hydrogens is 124 g/mol. The van der Waals surface area contributed by atoms with Gasteiger partial charge in [-0.2, -0.15) is 0 Å². The van der Waals surface area contributed by atoms with Crippen LogP contribution in [-0.4, -0.2) is 4.98 Å². The van der Waals surface area contributed by atoms with Gasteiger partial charge in [0.05, 0.1) is 0 Å². The van der Waals surface area contributed by atoms with E-state index in [2.05, 4.69) is 11.6 Å². The average Bonchev–Trinajstić information content (AvgIpc) is 1.88. The van der Waals surface area contributed by atoms with Crippen LogP contribution in [0.2, 0.25) is 0 Å². The van der Waals surface area contributed by atoms with E-state index in [1.807, 2.05) is 19.1 Å². The lowest BCUT2D eigenvalue weighted by atomic mass is 10.2. The van der Waals surface area contributed by atoms with Crippen molar-refractivity contribution in [2.45, 2.75) is 6.92 Å². The van der Waals surface area contributed by atoms with Gasteiger partial charge in [0.1, 0.15) is 0 Å². The quantitative estimate of drug-likeness (QED) is 0.629. The lowest BCUT2D eigenvalue weighted by Crippen LogP contribution is -1.97. The number of rotatable bonds is 1. The number of pyridine rings is 1. The maximum Gasteiger partial charge on any atom is 0.0465 e. The van der Waals surface area contributed by atoms with Gasteiger partial charge in [0.25, 0.3) is 0 Å². The third-order valence-corrected chi connectivity index (χ3v) is 1.35. The van der Waals surface area contributed by atoms with Crippen LogP contribution in [-0.2, 0) is 0 Å². The molecule has 0 radical (unpaired) electrons. The molecule has 1 aromatic rings. The Bertz CT molecular complexity index is 253. The van der Waals surface area contributed by atoms with E-state index in [1.165, 1.54) is 0 Å². The van der Waals surface area contributed by atoms with Gasteiger partial charge in [0.15, 0.2) is 0 Å². The van der Waals surface area contributed by atoms with Crippen LogP contribution in [0.3, 0.4) is 0 Å². The van der Waals surface area contributed by atoms with E-state index in [0.29, 0.717) is 5.70 Å². The standard InChI is InChI=1S/C8H10N2/c1-6(9)8-4-3-5-10-7(8)2/h3-5H,1,9H2,2H3. The van der Waals surface area contributed by atoms with Gasteiger partial charge in [0, 0.05) is 23.2 Å². The van der Waals surface area contributed by atoms with Crippen LogP contribution < -0.4 is 5.73 Å². The number of hydrogen-bond donors (Lipinski definition) is 1. The minimum absolute atomic E-state index is 0.575. The first kappa shape index (κ1) is 6.81. The largest absolute Gasteiger partial charge is 0.399 e. The van der Waals surface area contributed by atoms with Crippen molar-refractivity contribution < 1.29 is 0 Å². The molecule has 0 saturated heterocycles. The van der Waals surface area contributed by atoms with Crippen LogP contribution in [0.4, 0.5) is 0 Å². The molecule has 10 heavy (non-hydrogen) atoms. The van der Waals surface area contributed by atoms with Gasteiger partial charge in [-0.05, 0) is 19.1 Å². The summed E-state index contributed by atoms with van der Waals surface area (Å²) in [4.78, 5) is 4.06. The molecule has 0 aliphatic rings. The summed E-state index contributed by atoms with van der Waals surface area (Å²) >= 11 is 0. The third kappa shape index (κ3) is 1.16. The molecule has 2 N–H and O–H groups in total. The molecule has 52 valence electrons. The topological polar surface area (TPSA) is 38.9 Å². The molecule has 1 rings (SSSR count). The van der Waals surface area contributed by atoms with Crippen molar-refractivity contribution in [3.63, 3.8) is 0 Å². The number of nitrogens with two attached hydrogens (primary N) is 1. The summed E-state index contributed by atoms with van der Waals surface area (Å²) in [6, 6.07) is 3.76. The van der Waals surface area contributed by atoms with Gasteiger partial charge in [-0.3, -0.25) is 4.98 Å². The zero-order chi connectivity index (χ0) is 7.56. The highest BCUT2D eigenvalue weighted by molar-refractivity contribution is 5.61. The number of aryl methyl sites for hydroxylation is 1. The Kier molecular flexibility index (Phi) is 1.71. The van der Waals surface area contributed by atoms with Crippen LogP contribution in [0.25, 0.3) is 5.70 Å². The first-order valence-corrected chi connectivity index (χ1v) is 3.08. The molecule has 0 aromatic carbocycles. The summed E-state index contributed by atoms with van der Waals surface area (Å²) < 4.78 is 0. The monoisotopic (exact) mass is 134 g/mol. The second kappa shape index (κ2) is 2.52. The predicted molar refractivity (Wildman–Crippen MR) is 42.2 cm³/mol. The van der Waals surface area contributed by atoms with Crippen LogP contribution in [0.15, 0.2) is 24.9 Å². The summed E-state index contributed by atoms with van der Waals surface area (Å²) in [6.07, 6.45) is 1.74. The van der Waals surface area contributed by atoms with E-state index in [1.54, 1.807) is 6.20 Å². The fourth-order valence-electron chi connectivity index (χ4n) is 0.824. The van der Waals surface area contributed by atoms with Gasteiger partial charge in [-0.25, -0.2) is 0 Å². The van der Waals surface area contributed by atoms with Crippen LogP contribution >= 0.6 is 0 Å². The maximum absolute atomic E-state index is 5.48. The molecule has 1 aromatic heterocycles. The van der Waals surface area contributed by atoms with Gasteiger partial charge in [-0.15, -0.1) is 0 Å². The lowest BCUT2D eigenvalue weighted by molar-refractivity contribution is 1.18. The Morgan fingerprint density at radius 1 is 1.70 bits per heavy atom. The van der Waals surface area contributed by atoms with Crippen molar-refractivity contribution in [1.82, 2.24) is 4.98 Å². The molecule has 0 bridgehead atoms. The highest BCUT2D eigenvalue weighted by atomic mass is 14.7. The zero-order valence-electron chi connectivity index (χ0n) is 5.96. The highest BCUT2D eigenvalue weighted by Crippen LogP contribution is 2.08. The van der Waals surface area contributed by atoms with Crippen molar-refractivity contribution in [3.05, 3.63) is 36.2 Å². The summed E-state index contributed by atoms with van der Waals surface area (Å²) in [7, 11) is 0. The fraction of sp³-hybridized carbons (Fsp3) is 0.125. The minimum atomic E-state index is 0.575. The van der Waals surface area contributed by atoms with Crippen LogP contribution in [0, 0.1) is 6.92 Å². The molecule has 0 saturated carbocycles. The summed E-state index contributed by atoms with van der Waals surface area (Å²) in [5.41, 5.74) is 7.91. The molecule has 2 heteroatoms. The fourth-order valence-corrected chi connectivity index (χ4v) is 0.824. The molecule has 0 aliphatic carbocycles. The molecule has 0 unspecified atom stereocenters. The van der Waals surface area contributed by atoms with E-state index in [0.717, 1.165) is 11.3 Å². The Morgan fingerprint density at radius 3 is 2.80 bits per heavy atom. The normalized spacial score (nSPS) is 9.30. The van der Waals surface area contributed by atoms with Gasteiger partial charge in [0.2, 0.25) is 0 Å². The smallest absolute Gasteiger partial charge is 0.0465 e. The van der Waals surface area contributed by atoms with E-state index >= 15 is 0 Å². The Morgan fingerprint density at radius 2 is 2.40 bits per heavy atom. The van der Waals surface area contributed by atoms with Gasteiger partial charge in [-0.1, -0.05) is 6.58 Å². The van der Waals surface area contributed by atoms with Crippen molar-refractivity contribution >= 4 is 5.70 Å². The molecule has 0 atom stereocenters. The molecule has 0 amide bonds. The third-order valence-electron chi connectivity index (χ3n) is 1.35. The Labute approximate surface area is 60.4 Å². The van der Waals surface area contributed by atoms with E-state index in [4.69, 9.17) is 5.73 Å². The lowest BCUT2D eigenvalue weighted by Gasteiger charge is -2.00. The number of aromatic nitrogens is 1. The van der Waals surface area contributed by atoms with Crippen LogP contribution in [0.1, 0.15) is 11.3 Å². The second-order valence-corrected chi connectivity index (χ2v) is 2.16. The number of hydrogen-bond acceptors (Lipinski definition) is 2. The van der Waals surface area contributed by atoms with E-state index < -0.39 is 0 Å². The van der Waals surface area contributed by atoms with Crippen molar-refractivity contribution in [3.8, 4) is 0 Å².